The maximum absolute atomic E-state index is 11.6. The van der Waals surface area contributed by atoms with E-state index in [4.69, 9.17) is 11.6 Å². The Morgan fingerprint density at radius 1 is 1.33 bits per heavy atom. The van der Waals surface area contributed by atoms with E-state index in [1.54, 1.807) is 0 Å². The molecule has 1 amide bonds. The summed E-state index contributed by atoms with van der Waals surface area (Å²) in [6.07, 6.45) is 5.51. The van der Waals surface area contributed by atoms with Crippen LogP contribution >= 0.6 is 11.6 Å². The van der Waals surface area contributed by atoms with E-state index in [2.05, 4.69) is 5.32 Å². The Morgan fingerprint density at radius 3 is 2.27 bits per heavy atom. The van der Waals surface area contributed by atoms with Gasteiger partial charge in [0.2, 0.25) is 5.91 Å². The van der Waals surface area contributed by atoms with E-state index < -0.39 is 0 Å². The minimum Gasteiger partial charge on any atom is -0.356 e. The summed E-state index contributed by atoms with van der Waals surface area (Å²) in [5.41, 5.74) is 0. The number of carbonyl (C=O) groups excluding carboxylic acids is 1. The first-order valence-corrected chi connectivity index (χ1v) is 6.59. The van der Waals surface area contributed by atoms with Crippen LogP contribution in [0.5, 0.6) is 0 Å². The van der Waals surface area contributed by atoms with Gasteiger partial charge >= 0.3 is 0 Å². The summed E-state index contributed by atoms with van der Waals surface area (Å²) in [6, 6.07) is 0. The molecule has 0 aromatic carbocycles. The van der Waals surface area contributed by atoms with Crippen molar-refractivity contribution in [3.63, 3.8) is 0 Å². The van der Waals surface area contributed by atoms with Crippen molar-refractivity contribution in [3.05, 3.63) is 0 Å². The van der Waals surface area contributed by atoms with Crippen LogP contribution in [0.4, 0.5) is 0 Å². The Balaban J connectivity index is 1.72. The third kappa shape index (κ3) is 3.10. The number of hydrogen-bond acceptors (Lipinski definition) is 1. The molecule has 1 atom stereocenters. The fourth-order valence-electron chi connectivity index (χ4n) is 2.23. The van der Waals surface area contributed by atoms with Gasteiger partial charge in [0.25, 0.3) is 0 Å². The van der Waals surface area contributed by atoms with Crippen LogP contribution in [0.15, 0.2) is 0 Å². The molecule has 0 saturated heterocycles. The van der Waals surface area contributed by atoms with Crippen molar-refractivity contribution < 1.29 is 4.79 Å². The third-order valence-corrected chi connectivity index (χ3v) is 4.11. The average Bonchev–Trinajstić information content (AvgIpc) is 3.07. The van der Waals surface area contributed by atoms with Crippen LogP contribution in [0.2, 0.25) is 0 Å². The topological polar surface area (TPSA) is 29.1 Å². The largest absolute Gasteiger partial charge is 0.356 e. The summed E-state index contributed by atoms with van der Waals surface area (Å²) >= 11 is 5.65. The Bertz CT molecular complexity index is 224. The SMILES string of the molecule is CC(CCl)C(=O)NCC(C1CC1)C1CC1. The van der Waals surface area contributed by atoms with E-state index in [9.17, 15) is 4.79 Å². The molecule has 86 valence electrons. The van der Waals surface area contributed by atoms with Gasteiger partial charge in [-0.3, -0.25) is 4.79 Å². The number of nitrogens with one attached hydrogen (secondary N) is 1. The summed E-state index contributed by atoms with van der Waals surface area (Å²) in [4.78, 5) is 11.6. The molecule has 0 aromatic heterocycles. The van der Waals surface area contributed by atoms with Gasteiger partial charge in [-0.2, -0.15) is 0 Å². The lowest BCUT2D eigenvalue weighted by molar-refractivity contribution is -0.124. The molecule has 2 fully saturated rings. The molecule has 2 saturated carbocycles. The van der Waals surface area contributed by atoms with Crippen LogP contribution in [0.3, 0.4) is 0 Å². The van der Waals surface area contributed by atoms with Crippen LogP contribution in [0, 0.1) is 23.7 Å². The summed E-state index contributed by atoms with van der Waals surface area (Å²) in [5, 5.41) is 3.05. The molecule has 2 rings (SSSR count). The molecular formula is C12H20ClNO. The lowest BCUT2D eigenvalue weighted by Crippen LogP contribution is -2.35. The highest BCUT2D eigenvalue weighted by atomic mass is 35.5. The molecule has 0 spiro atoms. The normalized spacial score (nSPS) is 22.9. The van der Waals surface area contributed by atoms with Gasteiger partial charge in [-0.1, -0.05) is 6.92 Å². The number of alkyl halides is 1. The van der Waals surface area contributed by atoms with Crippen molar-refractivity contribution in [1.29, 1.82) is 0 Å². The molecule has 3 heteroatoms. The van der Waals surface area contributed by atoms with Crippen molar-refractivity contribution in [2.24, 2.45) is 23.7 Å². The molecule has 0 bridgehead atoms. The smallest absolute Gasteiger partial charge is 0.224 e. The molecule has 0 aromatic rings. The summed E-state index contributed by atoms with van der Waals surface area (Å²) < 4.78 is 0. The van der Waals surface area contributed by atoms with Crippen LogP contribution in [-0.4, -0.2) is 18.3 Å². The molecule has 2 aliphatic carbocycles. The van der Waals surface area contributed by atoms with Gasteiger partial charge in [-0.25, -0.2) is 0 Å². The molecule has 0 radical (unpaired) electrons. The molecule has 0 aliphatic heterocycles. The van der Waals surface area contributed by atoms with Gasteiger partial charge in [0.05, 0.1) is 0 Å². The predicted octanol–water partition coefficient (Wildman–Crippen LogP) is 2.41. The minimum atomic E-state index is -0.0503. The van der Waals surface area contributed by atoms with Crippen molar-refractivity contribution in [2.45, 2.75) is 32.6 Å². The number of carbonyl (C=O) groups is 1. The second kappa shape index (κ2) is 4.73. The highest BCUT2D eigenvalue weighted by Crippen LogP contribution is 2.48. The van der Waals surface area contributed by atoms with E-state index in [0.29, 0.717) is 5.88 Å². The van der Waals surface area contributed by atoms with Gasteiger partial charge < -0.3 is 5.32 Å². The van der Waals surface area contributed by atoms with E-state index in [1.807, 2.05) is 6.92 Å². The fraction of sp³-hybridized carbons (Fsp3) is 0.917. The standard InChI is InChI=1S/C12H20ClNO/c1-8(6-13)12(15)14-7-11(9-2-3-9)10-4-5-10/h8-11H,2-7H2,1H3,(H,14,15). The lowest BCUT2D eigenvalue weighted by atomic mass is 9.98. The molecule has 0 heterocycles. The Kier molecular flexibility index (Phi) is 3.55. The lowest BCUT2D eigenvalue weighted by Gasteiger charge is -2.17. The van der Waals surface area contributed by atoms with Crippen LogP contribution in [0.25, 0.3) is 0 Å². The van der Waals surface area contributed by atoms with Gasteiger partial charge in [0.1, 0.15) is 0 Å². The Hall–Kier alpha value is -0.240. The Morgan fingerprint density at radius 2 is 1.87 bits per heavy atom. The zero-order valence-electron chi connectivity index (χ0n) is 9.34. The number of hydrogen-bond donors (Lipinski definition) is 1. The second-order valence-electron chi connectivity index (χ2n) is 5.14. The van der Waals surface area contributed by atoms with E-state index >= 15 is 0 Å². The molecule has 2 nitrogen and oxygen atoms in total. The second-order valence-corrected chi connectivity index (χ2v) is 5.45. The highest BCUT2D eigenvalue weighted by Gasteiger charge is 2.41. The molecule has 1 N–H and O–H groups in total. The summed E-state index contributed by atoms with van der Waals surface area (Å²) in [5.74, 6) is 3.07. The monoisotopic (exact) mass is 229 g/mol. The predicted molar refractivity (Wildman–Crippen MR) is 61.8 cm³/mol. The van der Waals surface area contributed by atoms with Crippen molar-refractivity contribution in [2.75, 3.05) is 12.4 Å². The van der Waals surface area contributed by atoms with E-state index in [0.717, 1.165) is 24.3 Å². The fourth-order valence-corrected chi connectivity index (χ4v) is 2.37. The van der Waals surface area contributed by atoms with Gasteiger partial charge in [0, 0.05) is 18.3 Å². The average molecular weight is 230 g/mol. The third-order valence-electron chi connectivity index (χ3n) is 3.65. The highest BCUT2D eigenvalue weighted by molar-refractivity contribution is 6.19. The minimum absolute atomic E-state index is 0.0503. The maximum Gasteiger partial charge on any atom is 0.224 e. The summed E-state index contributed by atoms with van der Waals surface area (Å²) in [7, 11) is 0. The summed E-state index contributed by atoms with van der Waals surface area (Å²) in [6.45, 7) is 2.76. The number of amides is 1. The van der Waals surface area contributed by atoms with Crippen molar-refractivity contribution in [1.82, 2.24) is 5.32 Å². The van der Waals surface area contributed by atoms with Crippen LogP contribution < -0.4 is 5.32 Å². The van der Waals surface area contributed by atoms with E-state index in [-0.39, 0.29) is 11.8 Å². The Labute approximate surface area is 96.8 Å². The quantitative estimate of drug-likeness (QED) is 0.697. The van der Waals surface area contributed by atoms with Gasteiger partial charge in [-0.05, 0) is 43.4 Å². The molecular weight excluding hydrogens is 210 g/mol. The molecule has 15 heavy (non-hydrogen) atoms. The molecule has 1 unspecified atom stereocenters. The number of halogens is 1. The first-order valence-electron chi connectivity index (χ1n) is 6.06. The van der Waals surface area contributed by atoms with Crippen LogP contribution in [0.1, 0.15) is 32.6 Å². The first-order chi connectivity index (χ1) is 7.22. The maximum atomic E-state index is 11.6. The molecule has 2 aliphatic rings. The zero-order chi connectivity index (χ0) is 10.8. The van der Waals surface area contributed by atoms with Crippen LogP contribution in [-0.2, 0) is 4.79 Å². The zero-order valence-corrected chi connectivity index (χ0v) is 10.1. The van der Waals surface area contributed by atoms with E-state index in [1.165, 1.54) is 25.7 Å². The first kappa shape index (κ1) is 11.3. The van der Waals surface area contributed by atoms with Gasteiger partial charge in [0.15, 0.2) is 0 Å². The van der Waals surface area contributed by atoms with Gasteiger partial charge in [-0.15, -0.1) is 11.6 Å². The van der Waals surface area contributed by atoms with Crippen molar-refractivity contribution in [3.8, 4) is 0 Å². The number of rotatable bonds is 6. The van der Waals surface area contributed by atoms with Crippen molar-refractivity contribution >= 4 is 17.5 Å².